The van der Waals surface area contributed by atoms with Gasteiger partial charge in [-0.2, -0.15) is 0 Å². The summed E-state index contributed by atoms with van der Waals surface area (Å²) in [7, 11) is 0. The molecule has 0 bridgehead atoms. The van der Waals surface area contributed by atoms with Crippen molar-refractivity contribution < 1.29 is 18.7 Å². The van der Waals surface area contributed by atoms with Gasteiger partial charge in [0.15, 0.2) is 11.6 Å². The van der Waals surface area contributed by atoms with E-state index in [0.717, 1.165) is 11.6 Å². The predicted molar refractivity (Wildman–Crippen MR) is 87.0 cm³/mol. The quantitative estimate of drug-likeness (QED) is 0.825. The van der Waals surface area contributed by atoms with Gasteiger partial charge in [-0.25, -0.2) is 4.39 Å². The average molecular weight is 331 g/mol. The summed E-state index contributed by atoms with van der Waals surface area (Å²) in [6.07, 6.45) is 3.20. The number of carbonyl (C=O) groups excluding carboxylic acids is 2. The zero-order chi connectivity index (χ0) is 17.5. The number of hydrogen-bond acceptors (Lipinski definition) is 4. The van der Waals surface area contributed by atoms with Gasteiger partial charge in [0.1, 0.15) is 0 Å². The van der Waals surface area contributed by atoms with Crippen molar-refractivity contribution in [2.75, 3.05) is 11.9 Å². The highest BCUT2D eigenvalue weighted by atomic mass is 19.1. The van der Waals surface area contributed by atoms with E-state index in [2.05, 4.69) is 15.6 Å². The number of hydrogen-bond donors (Lipinski definition) is 2. The molecule has 0 saturated heterocycles. The van der Waals surface area contributed by atoms with Crippen LogP contribution >= 0.6 is 0 Å². The molecule has 1 aromatic carbocycles. The molecular weight excluding hydrogens is 313 g/mol. The first kappa shape index (κ1) is 17.4. The Balaban J connectivity index is 1.96. The zero-order valence-electron chi connectivity index (χ0n) is 13.4. The SMILES string of the molecule is CCOc1ccc(NC(=O)C(=O)NC(C)c2ccncc2)cc1F. The summed E-state index contributed by atoms with van der Waals surface area (Å²) in [5.41, 5.74) is 0.992. The predicted octanol–water partition coefficient (Wildman–Crippen LogP) is 2.44. The van der Waals surface area contributed by atoms with Crippen LogP contribution in [-0.4, -0.2) is 23.4 Å². The van der Waals surface area contributed by atoms with Crippen molar-refractivity contribution in [3.63, 3.8) is 0 Å². The number of ether oxygens (including phenoxy) is 1. The molecule has 0 saturated carbocycles. The van der Waals surface area contributed by atoms with Crippen LogP contribution in [0.25, 0.3) is 0 Å². The van der Waals surface area contributed by atoms with Crippen LogP contribution in [0.5, 0.6) is 5.75 Å². The van der Waals surface area contributed by atoms with Gasteiger partial charge in [-0.3, -0.25) is 14.6 Å². The molecule has 0 spiro atoms. The molecule has 7 heteroatoms. The maximum Gasteiger partial charge on any atom is 0.313 e. The number of halogens is 1. The number of amides is 2. The van der Waals surface area contributed by atoms with E-state index in [1.165, 1.54) is 12.1 Å². The van der Waals surface area contributed by atoms with Crippen LogP contribution in [0.4, 0.5) is 10.1 Å². The minimum atomic E-state index is -0.875. The van der Waals surface area contributed by atoms with E-state index >= 15 is 0 Å². The Morgan fingerprint density at radius 1 is 1.21 bits per heavy atom. The zero-order valence-corrected chi connectivity index (χ0v) is 13.4. The molecule has 0 aliphatic carbocycles. The first-order chi connectivity index (χ1) is 11.5. The standard InChI is InChI=1S/C17H18FN3O3/c1-3-24-15-5-4-13(10-14(15)18)21-17(23)16(22)20-11(2)12-6-8-19-9-7-12/h4-11H,3H2,1-2H3,(H,20,22)(H,21,23). The second kappa shape index (κ2) is 8.05. The van der Waals surface area contributed by atoms with Crippen LogP contribution in [0, 0.1) is 5.82 Å². The first-order valence-corrected chi connectivity index (χ1v) is 7.45. The second-order valence-corrected chi connectivity index (χ2v) is 5.01. The summed E-state index contributed by atoms with van der Waals surface area (Å²) in [5.74, 6) is -2.21. The number of nitrogens with one attached hydrogen (secondary N) is 2. The van der Waals surface area contributed by atoms with Crippen molar-refractivity contribution in [2.24, 2.45) is 0 Å². The highest BCUT2D eigenvalue weighted by Crippen LogP contribution is 2.21. The molecule has 126 valence electrons. The van der Waals surface area contributed by atoms with Gasteiger partial charge in [-0.05, 0) is 43.7 Å². The lowest BCUT2D eigenvalue weighted by molar-refractivity contribution is -0.136. The van der Waals surface area contributed by atoms with Crippen LogP contribution in [0.1, 0.15) is 25.5 Å². The molecule has 1 unspecified atom stereocenters. The van der Waals surface area contributed by atoms with Gasteiger partial charge in [-0.15, -0.1) is 0 Å². The van der Waals surface area contributed by atoms with Gasteiger partial charge >= 0.3 is 11.8 Å². The summed E-state index contributed by atoms with van der Waals surface area (Å²) in [4.78, 5) is 27.7. The molecular formula is C17H18FN3O3. The van der Waals surface area contributed by atoms with E-state index in [9.17, 15) is 14.0 Å². The Bertz CT molecular complexity index is 722. The fraction of sp³-hybridized carbons (Fsp3) is 0.235. The normalized spacial score (nSPS) is 11.5. The van der Waals surface area contributed by atoms with Crippen LogP contribution in [0.2, 0.25) is 0 Å². The van der Waals surface area contributed by atoms with Gasteiger partial charge < -0.3 is 15.4 Å². The van der Waals surface area contributed by atoms with Gasteiger partial charge in [0.2, 0.25) is 0 Å². The maximum atomic E-state index is 13.7. The molecule has 2 rings (SSSR count). The number of benzene rings is 1. The van der Waals surface area contributed by atoms with E-state index in [-0.39, 0.29) is 17.5 Å². The lowest BCUT2D eigenvalue weighted by Crippen LogP contribution is -2.36. The van der Waals surface area contributed by atoms with E-state index in [4.69, 9.17) is 4.74 Å². The molecule has 1 atom stereocenters. The summed E-state index contributed by atoms with van der Waals surface area (Å²) in [5, 5.41) is 4.92. The van der Waals surface area contributed by atoms with Crippen LogP contribution in [0.15, 0.2) is 42.7 Å². The molecule has 6 nitrogen and oxygen atoms in total. The molecule has 2 N–H and O–H groups in total. The molecule has 0 aliphatic heterocycles. The average Bonchev–Trinajstić information content (AvgIpc) is 2.58. The van der Waals surface area contributed by atoms with Crippen molar-refractivity contribution in [1.29, 1.82) is 0 Å². The monoisotopic (exact) mass is 331 g/mol. The van der Waals surface area contributed by atoms with Crippen molar-refractivity contribution in [1.82, 2.24) is 10.3 Å². The third-order valence-corrected chi connectivity index (χ3v) is 3.25. The van der Waals surface area contributed by atoms with Gasteiger partial charge in [0, 0.05) is 24.1 Å². The number of rotatable bonds is 5. The molecule has 24 heavy (non-hydrogen) atoms. The Morgan fingerprint density at radius 3 is 2.54 bits per heavy atom. The van der Waals surface area contributed by atoms with Crippen molar-refractivity contribution in [3.05, 3.63) is 54.1 Å². The number of nitrogens with zero attached hydrogens (tertiary/aromatic N) is 1. The molecule has 0 aliphatic rings. The molecule has 0 radical (unpaired) electrons. The fourth-order valence-corrected chi connectivity index (χ4v) is 2.04. The Morgan fingerprint density at radius 2 is 1.92 bits per heavy atom. The maximum absolute atomic E-state index is 13.7. The molecule has 1 aromatic heterocycles. The third kappa shape index (κ3) is 4.52. The Kier molecular flexibility index (Phi) is 5.83. The minimum Gasteiger partial charge on any atom is -0.491 e. The highest BCUT2D eigenvalue weighted by Gasteiger charge is 2.17. The third-order valence-electron chi connectivity index (χ3n) is 3.25. The highest BCUT2D eigenvalue weighted by molar-refractivity contribution is 6.39. The number of aromatic nitrogens is 1. The van der Waals surface area contributed by atoms with Crippen molar-refractivity contribution in [3.8, 4) is 5.75 Å². The number of anilines is 1. The summed E-state index contributed by atoms with van der Waals surface area (Å²) < 4.78 is 18.8. The Labute approximate surface area is 139 Å². The summed E-state index contributed by atoms with van der Waals surface area (Å²) in [6, 6.07) is 7.08. The van der Waals surface area contributed by atoms with E-state index in [1.54, 1.807) is 38.4 Å². The Hall–Kier alpha value is -2.96. The fourth-order valence-electron chi connectivity index (χ4n) is 2.04. The summed E-state index contributed by atoms with van der Waals surface area (Å²) in [6.45, 7) is 3.82. The molecule has 2 amide bonds. The first-order valence-electron chi connectivity index (χ1n) is 7.45. The van der Waals surface area contributed by atoms with Crippen molar-refractivity contribution >= 4 is 17.5 Å². The molecule has 2 aromatic rings. The van der Waals surface area contributed by atoms with Gasteiger partial charge in [0.25, 0.3) is 0 Å². The molecule has 1 heterocycles. The van der Waals surface area contributed by atoms with Crippen molar-refractivity contribution in [2.45, 2.75) is 19.9 Å². The van der Waals surface area contributed by atoms with E-state index in [0.29, 0.717) is 6.61 Å². The summed E-state index contributed by atoms with van der Waals surface area (Å²) >= 11 is 0. The van der Waals surface area contributed by atoms with Crippen LogP contribution < -0.4 is 15.4 Å². The van der Waals surface area contributed by atoms with Gasteiger partial charge in [0.05, 0.1) is 12.6 Å². The van der Waals surface area contributed by atoms with E-state index in [1.807, 2.05) is 0 Å². The minimum absolute atomic E-state index is 0.0891. The lowest BCUT2D eigenvalue weighted by atomic mass is 10.1. The van der Waals surface area contributed by atoms with Crippen LogP contribution in [0.3, 0.4) is 0 Å². The van der Waals surface area contributed by atoms with Gasteiger partial charge in [-0.1, -0.05) is 0 Å². The largest absolute Gasteiger partial charge is 0.491 e. The number of pyridine rings is 1. The van der Waals surface area contributed by atoms with Crippen LogP contribution in [-0.2, 0) is 9.59 Å². The molecule has 0 fully saturated rings. The second-order valence-electron chi connectivity index (χ2n) is 5.01. The van der Waals surface area contributed by atoms with E-state index < -0.39 is 17.6 Å². The lowest BCUT2D eigenvalue weighted by Gasteiger charge is -2.14. The smallest absolute Gasteiger partial charge is 0.313 e. The topological polar surface area (TPSA) is 80.3 Å². The number of carbonyl (C=O) groups is 2.